The van der Waals surface area contributed by atoms with Crippen molar-refractivity contribution in [3.63, 3.8) is 0 Å². The van der Waals surface area contributed by atoms with Gasteiger partial charge in [-0.3, -0.25) is 4.79 Å². The van der Waals surface area contributed by atoms with Crippen molar-refractivity contribution in [2.75, 3.05) is 0 Å². The van der Waals surface area contributed by atoms with Gasteiger partial charge in [-0.25, -0.2) is 0 Å². The van der Waals surface area contributed by atoms with E-state index in [2.05, 4.69) is 6.07 Å². The maximum Gasteiger partial charge on any atom is 0.199 e. The first-order valence-corrected chi connectivity index (χ1v) is 6.68. The molecule has 0 fully saturated rings. The molecule has 0 spiro atoms. The molecule has 1 aliphatic heterocycles. The molecule has 3 nitrogen and oxygen atoms in total. The summed E-state index contributed by atoms with van der Waals surface area (Å²) in [4.78, 5) is 12.4. The van der Waals surface area contributed by atoms with E-state index in [1.807, 2.05) is 36.4 Å². The molecule has 1 heterocycles. The number of Topliss-reactive ketones (excluding diaryl/α,β-unsaturated/α-hetero) is 1. The Morgan fingerprint density at radius 3 is 2.29 bits per heavy atom. The van der Waals surface area contributed by atoms with Crippen LogP contribution in [-0.2, 0) is 10.3 Å². The molecule has 1 aliphatic rings. The molecule has 0 aliphatic carbocycles. The SMILES string of the molecule is N#C[C@@]1(c2ccccc2)C=C[C@@H](C(=O)c2ccccc2)O1. The fraction of sp³-hybridized carbons (Fsp3) is 0.111. The number of hydrogen-bond donors (Lipinski definition) is 0. The maximum atomic E-state index is 12.4. The van der Waals surface area contributed by atoms with Gasteiger partial charge in [0.05, 0.1) is 0 Å². The zero-order chi connectivity index (χ0) is 14.7. The van der Waals surface area contributed by atoms with Crippen molar-refractivity contribution < 1.29 is 9.53 Å². The molecule has 0 amide bonds. The van der Waals surface area contributed by atoms with Crippen LogP contribution in [0.2, 0.25) is 0 Å². The minimum Gasteiger partial charge on any atom is -0.337 e. The molecule has 2 aromatic rings. The smallest absolute Gasteiger partial charge is 0.199 e. The lowest BCUT2D eigenvalue weighted by Gasteiger charge is -2.21. The van der Waals surface area contributed by atoms with E-state index in [4.69, 9.17) is 4.74 Å². The van der Waals surface area contributed by atoms with E-state index in [0.29, 0.717) is 5.56 Å². The average Bonchev–Trinajstić information content (AvgIpc) is 3.02. The number of rotatable bonds is 3. The van der Waals surface area contributed by atoms with Crippen LogP contribution in [0.4, 0.5) is 0 Å². The third-order valence-corrected chi connectivity index (χ3v) is 3.50. The minimum absolute atomic E-state index is 0.139. The summed E-state index contributed by atoms with van der Waals surface area (Å²) < 4.78 is 5.78. The topological polar surface area (TPSA) is 50.1 Å². The third kappa shape index (κ3) is 2.37. The van der Waals surface area contributed by atoms with Gasteiger partial charge in [0.1, 0.15) is 12.2 Å². The molecule has 0 radical (unpaired) electrons. The van der Waals surface area contributed by atoms with Crippen molar-refractivity contribution in [2.45, 2.75) is 11.7 Å². The van der Waals surface area contributed by atoms with Crippen LogP contribution in [0.15, 0.2) is 72.8 Å². The van der Waals surface area contributed by atoms with E-state index in [0.717, 1.165) is 5.56 Å². The second kappa shape index (κ2) is 5.35. The quantitative estimate of drug-likeness (QED) is 0.638. The highest BCUT2D eigenvalue weighted by atomic mass is 16.5. The molecule has 0 bridgehead atoms. The fourth-order valence-electron chi connectivity index (χ4n) is 2.39. The number of nitrogens with zero attached hydrogens (tertiary/aromatic N) is 1. The number of nitriles is 1. The normalized spacial score (nSPS) is 23.7. The Hall–Kier alpha value is -2.70. The molecule has 3 rings (SSSR count). The van der Waals surface area contributed by atoms with Crippen molar-refractivity contribution in [3.8, 4) is 6.07 Å². The Kier molecular flexibility index (Phi) is 3.39. The van der Waals surface area contributed by atoms with E-state index in [-0.39, 0.29) is 5.78 Å². The van der Waals surface area contributed by atoms with Gasteiger partial charge in [0.2, 0.25) is 0 Å². The first kappa shape index (κ1) is 13.3. The minimum atomic E-state index is -1.18. The molecule has 2 atom stereocenters. The number of carbonyl (C=O) groups is 1. The van der Waals surface area contributed by atoms with E-state index in [9.17, 15) is 10.1 Å². The highest BCUT2D eigenvalue weighted by Crippen LogP contribution is 2.34. The van der Waals surface area contributed by atoms with Gasteiger partial charge < -0.3 is 4.74 Å². The summed E-state index contributed by atoms with van der Waals surface area (Å²) in [5, 5.41) is 9.50. The van der Waals surface area contributed by atoms with Crippen molar-refractivity contribution in [1.82, 2.24) is 0 Å². The molecule has 102 valence electrons. The summed E-state index contributed by atoms with van der Waals surface area (Å²) in [5.74, 6) is -0.139. The number of hydrogen-bond acceptors (Lipinski definition) is 3. The van der Waals surface area contributed by atoms with Crippen LogP contribution < -0.4 is 0 Å². The molecule has 21 heavy (non-hydrogen) atoms. The highest BCUT2D eigenvalue weighted by Gasteiger charge is 2.40. The monoisotopic (exact) mass is 275 g/mol. The van der Waals surface area contributed by atoms with Crippen LogP contribution in [-0.4, -0.2) is 11.9 Å². The molecule has 3 heteroatoms. The van der Waals surface area contributed by atoms with Crippen molar-refractivity contribution in [3.05, 3.63) is 83.9 Å². The van der Waals surface area contributed by atoms with Gasteiger partial charge >= 0.3 is 0 Å². The summed E-state index contributed by atoms with van der Waals surface area (Å²) in [6, 6.07) is 20.3. The molecule has 0 unspecified atom stereocenters. The Morgan fingerprint density at radius 1 is 1.05 bits per heavy atom. The Labute approximate surface area is 123 Å². The second-order valence-electron chi connectivity index (χ2n) is 4.84. The highest BCUT2D eigenvalue weighted by molar-refractivity contribution is 6.01. The van der Waals surface area contributed by atoms with E-state index < -0.39 is 11.7 Å². The zero-order valence-corrected chi connectivity index (χ0v) is 11.3. The first-order chi connectivity index (χ1) is 10.2. The predicted octanol–water partition coefficient (Wildman–Crippen LogP) is 3.24. The third-order valence-electron chi connectivity index (χ3n) is 3.50. The van der Waals surface area contributed by atoms with E-state index in [1.165, 1.54) is 0 Å². The molecule has 2 aromatic carbocycles. The van der Waals surface area contributed by atoms with Crippen LogP contribution in [0.5, 0.6) is 0 Å². The maximum absolute atomic E-state index is 12.4. The van der Waals surface area contributed by atoms with Crippen molar-refractivity contribution in [1.29, 1.82) is 5.26 Å². The lowest BCUT2D eigenvalue weighted by atomic mass is 9.96. The molecular weight excluding hydrogens is 262 g/mol. The Bertz CT molecular complexity index is 716. The van der Waals surface area contributed by atoms with Crippen LogP contribution in [0.3, 0.4) is 0 Å². The second-order valence-corrected chi connectivity index (χ2v) is 4.84. The van der Waals surface area contributed by atoms with Crippen LogP contribution in [0.25, 0.3) is 0 Å². The van der Waals surface area contributed by atoms with Gasteiger partial charge in [-0.05, 0) is 12.2 Å². The fourth-order valence-corrected chi connectivity index (χ4v) is 2.39. The molecule has 0 aromatic heterocycles. The van der Waals surface area contributed by atoms with Gasteiger partial charge in [0.25, 0.3) is 0 Å². The summed E-state index contributed by atoms with van der Waals surface area (Å²) in [5.41, 5.74) is 0.122. The van der Waals surface area contributed by atoms with E-state index in [1.54, 1.807) is 36.4 Å². The van der Waals surface area contributed by atoms with Gasteiger partial charge in [0, 0.05) is 11.1 Å². The lowest BCUT2D eigenvalue weighted by molar-refractivity contribution is 0.0146. The van der Waals surface area contributed by atoms with Gasteiger partial charge in [-0.1, -0.05) is 60.7 Å². The molecule has 0 saturated carbocycles. The number of ether oxygens (including phenoxy) is 1. The summed E-state index contributed by atoms with van der Waals surface area (Å²) in [6.07, 6.45) is 2.59. The number of ketones is 1. The van der Waals surface area contributed by atoms with Crippen LogP contribution in [0, 0.1) is 11.3 Å². The van der Waals surface area contributed by atoms with Gasteiger partial charge in [0.15, 0.2) is 11.4 Å². The lowest BCUT2D eigenvalue weighted by Crippen LogP contribution is -2.29. The van der Waals surface area contributed by atoms with Crippen LogP contribution in [0.1, 0.15) is 15.9 Å². The largest absolute Gasteiger partial charge is 0.337 e. The van der Waals surface area contributed by atoms with Crippen molar-refractivity contribution in [2.24, 2.45) is 0 Å². The molecule has 0 N–H and O–H groups in total. The zero-order valence-electron chi connectivity index (χ0n) is 11.3. The Morgan fingerprint density at radius 2 is 1.67 bits per heavy atom. The van der Waals surface area contributed by atoms with Crippen molar-refractivity contribution >= 4 is 5.78 Å². The molecule has 0 saturated heterocycles. The van der Waals surface area contributed by atoms with Gasteiger partial charge in [-0.15, -0.1) is 0 Å². The van der Waals surface area contributed by atoms with Crippen LogP contribution >= 0.6 is 0 Å². The molecular formula is C18H13NO2. The first-order valence-electron chi connectivity index (χ1n) is 6.68. The average molecular weight is 275 g/mol. The summed E-state index contributed by atoms with van der Waals surface area (Å²) in [7, 11) is 0. The van der Waals surface area contributed by atoms with E-state index >= 15 is 0 Å². The number of carbonyl (C=O) groups excluding carboxylic acids is 1. The van der Waals surface area contributed by atoms with Gasteiger partial charge in [-0.2, -0.15) is 5.26 Å². The number of benzene rings is 2. The summed E-state index contributed by atoms with van der Waals surface area (Å²) in [6.45, 7) is 0. The summed E-state index contributed by atoms with van der Waals surface area (Å²) >= 11 is 0. The predicted molar refractivity (Wildman–Crippen MR) is 78.5 cm³/mol. The standard InChI is InChI=1S/C18H13NO2/c19-13-18(15-9-5-2-6-10-15)12-11-16(21-18)17(20)14-7-3-1-4-8-14/h1-12,16H/t16-,18+/m0/s1. The Balaban J connectivity index is 1.87.